The van der Waals surface area contributed by atoms with Gasteiger partial charge in [-0.05, 0) is 115 Å². The summed E-state index contributed by atoms with van der Waals surface area (Å²) in [7, 11) is 0. The zero-order valence-corrected chi connectivity index (χ0v) is 27.6. The van der Waals surface area contributed by atoms with Crippen molar-refractivity contribution in [1.82, 2.24) is 0 Å². The molecule has 0 fully saturated rings. The maximum absolute atomic E-state index is 11.0. The lowest BCUT2D eigenvalue weighted by molar-refractivity contribution is -0.141. The molecule has 0 aromatic rings. The van der Waals surface area contributed by atoms with Crippen molar-refractivity contribution in [3.05, 3.63) is 34.6 Å². The summed E-state index contributed by atoms with van der Waals surface area (Å²) in [5.74, 6) is 0.618. The van der Waals surface area contributed by atoms with Gasteiger partial charge in [-0.2, -0.15) is 0 Å². The molecule has 3 N–H and O–H groups in total. The zero-order valence-electron chi connectivity index (χ0n) is 27.6. The highest BCUT2D eigenvalue weighted by atomic mass is 16.5. The van der Waals surface area contributed by atoms with Gasteiger partial charge in [0.25, 0.3) is 0 Å². The monoisotopic (exact) mass is 576 g/mol. The van der Waals surface area contributed by atoms with Gasteiger partial charge in [0.2, 0.25) is 0 Å². The van der Waals surface area contributed by atoms with E-state index < -0.39 is 17.7 Å². The van der Waals surface area contributed by atoms with Gasteiger partial charge in [-0.25, -0.2) is 0 Å². The van der Waals surface area contributed by atoms with Gasteiger partial charge in [0.05, 0.1) is 24.2 Å². The van der Waals surface area contributed by atoms with E-state index >= 15 is 0 Å². The summed E-state index contributed by atoms with van der Waals surface area (Å²) >= 11 is 0. The Labute approximate surface area is 252 Å². The molecule has 0 aromatic carbocycles. The smallest absolute Gasteiger partial charge is 0.306 e. The number of ether oxygens (including phenoxy) is 1. The van der Waals surface area contributed by atoms with Crippen molar-refractivity contribution in [2.45, 2.75) is 163 Å². The molecule has 41 heavy (non-hydrogen) atoms. The van der Waals surface area contributed by atoms with E-state index in [1.807, 2.05) is 13.0 Å². The van der Waals surface area contributed by atoms with Crippen molar-refractivity contribution in [3.63, 3.8) is 0 Å². The molecule has 5 heteroatoms. The summed E-state index contributed by atoms with van der Waals surface area (Å²) in [6.07, 6.45) is 20.4. The van der Waals surface area contributed by atoms with Gasteiger partial charge in [-0.1, -0.05) is 71.4 Å². The Morgan fingerprint density at radius 2 is 1.71 bits per heavy atom. The quantitative estimate of drug-likeness (QED) is 0.0833. The van der Waals surface area contributed by atoms with Crippen LogP contribution < -0.4 is 0 Å². The molecule has 0 spiro atoms. The number of carboxylic acids is 1. The number of aliphatic hydroxyl groups excluding tert-OH is 1. The standard InChI is InChI=1S/C36H64O5/c1-8-9-10-11-12-13-25-41-34-31(6)30(5)33(37)26-32(34)22-21-28(3)18-14-17-27(2)19-15-23-36(7,40)24-16-20-29(4)35(38)39/h17,26,28-30,33,37,40H,8-16,18-25H2,1-7H3,(H,38,39). The fraction of sp³-hybridized carbons (Fsp3) is 0.806. The van der Waals surface area contributed by atoms with Crippen molar-refractivity contribution in [2.75, 3.05) is 6.61 Å². The molecule has 238 valence electrons. The average Bonchev–Trinajstić information content (AvgIpc) is 2.90. The first-order valence-electron chi connectivity index (χ1n) is 16.7. The van der Waals surface area contributed by atoms with Crippen LogP contribution in [0.4, 0.5) is 0 Å². The van der Waals surface area contributed by atoms with Crippen LogP contribution in [0.5, 0.6) is 0 Å². The third-order valence-corrected chi connectivity index (χ3v) is 9.08. The van der Waals surface area contributed by atoms with Crippen molar-refractivity contribution in [3.8, 4) is 0 Å². The first kappa shape index (κ1) is 37.4. The third kappa shape index (κ3) is 16.0. The molecule has 0 saturated carbocycles. The Balaban J connectivity index is 2.40. The van der Waals surface area contributed by atoms with Gasteiger partial charge < -0.3 is 20.1 Å². The minimum atomic E-state index is -0.760. The maximum atomic E-state index is 11.0. The predicted molar refractivity (Wildman–Crippen MR) is 172 cm³/mol. The second-order valence-corrected chi connectivity index (χ2v) is 13.4. The van der Waals surface area contributed by atoms with Crippen molar-refractivity contribution < 1.29 is 24.9 Å². The van der Waals surface area contributed by atoms with Gasteiger partial charge >= 0.3 is 5.97 Å². The summed E-state index contributed by atoms with van der Waals surface area (Å²) < 4.78 is 6.33. The molecule has 5 nitrogen and oxygen atoms in total. The Morgan fingerprint density at radius 3 is 2.39 bits per heavy atom. The molecular formula is C36H64O5. The molecule has 0 heterocycles. The molecular weight excluding hydrogens is 512 g/mol. The number of hydrogen-bond donors (Lipinski definition) is 3. The number of rotatable bonds is 23. The topological polar surface area (TPSA) is 87.0 Å². The van der Waals surface area contributed by atoms with Crippen LogP contribution in [0.2, 0.25) is 0 Å². The number of hydrogen-bond acceptors (Lipinski definition) is 4. The van der Waals surface area contributed by atoms with Gasteiger partial charge in [-0.15, -0.1) is 0 Å². The van der Waals surface area contributed by atoms with Crippen molar-refractivity contribution in [1.29, 1.82) is 0 Å². The van der Waals surface area contributed by atoms with E-state index in [-0.39, 0.29) is 11.8 Å². The van der Waals surface area contributed by atoms with Crippen LogP contribution in [0.3, 0.4) is 0 Å². The van der Waals surface area contributed by atoms with E-state index in [0.29, 0.717) is 18.8 Å². The van der Waals surface area contributed by atoms with Gasteiger partial charge in [0, 0.05) is 5.92 Å². The third-order valence-electron chi connectivity index (χ3n) is 9.08. The highest BCUT2D eigenvalue weighted by Crippen LogP contribution is 2.34. The fourth-order valence-corrected chi connectivity index (χ4v) is 5.65. The maximum Gasteiger partial charge on any atom is 0.306 e. The number of allylic oxidation sites excluding steroid dienone is 3. The molecule has 1 aliphatic carbocycles. The van der Waals surface area contributed by atoms with Crippen LogP contribution in [-0.4, -0.2) is 39.6 Å². The van der Waals surface area contributed by atoms with Crippen molar-refractivity contribution >= 4 is 5.97 Å². The molecule has 5 unspecified atom stereocenters. The zero-order chi connectivity index (χ0) is 30.8. The van der Waals surface area contributed by atoms with Gasteiger partial charge in [0.15, 0.2) is 0 Å². The predicted octanol–water partition coefficient (Wildman–Crippen LogP) is 9.53. The first-order chi connectivity index (χ1) is 19.4. The molecule has 0 amide bonds. The van der Waals surface area contributed by atoms with Crippen LogP contribution in [0, 0.1) is 17.8 Å². The first-order valence-corrected chi connectivity index (χ1v) is 16.7. The lowest BCUT2D eigenvalue weighted by Crippen LogP contribution is -2.24. The summed E-state index contributed by atoms with van der Waals surface area (Å²) in [6, 6.07) is 0. The SMILES string of the molecule is CCCCCCCCOC1=C(C)C(C)C(O)C=C1CCC(C)CCC=C(C)CCCC(C)(O)CCCC(C)C(=O)O. The van der Waals surface area contributed by atoms with Gasteiger partial charge in [0.1, 0.15) is 5.76 Å². The van der Waals surface area contributed by atoms with E-state index in [0.717, 1.165) is 70.2 Å². The van der Waals surface area contributed by atoms with Crippen LogP contribution in [-0.2, 0) is 9.53 Å². The van der Waals surface area contributed by atoms with Crippen LogP contribution in [0.25, 0.3) is 0 Å². The van der Waals surface area contributed by atoms with E-state index in [1.54, 1.807) is 6.92 Å². The van der Waals surface area contributed by atoms with E-state index in [9.17, 15) is 15.0 Å². The number of unbranched alkanes of at least 4 members (excludes halogenated alkanes) is 5. The summed E-state index contributed by atoms with van der Waals surface area (Å²) in [6.45, 7) is 15.3. The summed E-state index contributed by atoms with van der Waals surface area (Å²) in [5.41, 5.74) is 3.02. The summed E-state index contributed by atoms with van der Waals surface area (Å²) in [4.78, 5) is 11.0. The average molecular weight is 577 g/mol. The number of aliphatic hydroxyl groups is 2. The second kappa shape index (κ2) is 20.3. The number of carbonyl (C=O) groups is 1. The number of carboxylic acid groups (broad SMARTS) is 1. The minimum Gasteiger partial charge on any atom is -0.493 e. The Morgan fingerprint density at radius 1 is 1.05 bits per heavy atom. The molecule has 1 aliphatic rings. The normalized spacial score (nSPS) is 20.9. The van der Waals surface area contributed by atoms with Crippen LogP contribution in [0.1, 0.15) is 151 Å². The van der Waals surface area contributed by atoms with Crippen LogP contribution in [0.15, 0.2) is 34.6 Å². The molecule has 0 saturated heterocycles. The minimum absolute atomic E-state index is 0.105. The summed E-state index contributed by atoms with van der Waals surface area (Å²) in [5, 5.41) is 30.3. The second-order valence-electron chi connectivity index (χ2n) is 13.4. The van der Waals surface area contributed by atoms with Crippen LogP contribution >= 0.6 is 0 Å². The lowest BCUT2D eigenvalue weighted by atomic mass is 9.84. The van der Waals surface area contributed by atoms with E-state index in [2.05, 4.69) is 40.7 Å². The molecule has 0 bridgehead atoms. The molecule has 0 aliphatic heterocycles. The number of aliphatic carboxylic acids is 1. The van der Waals surface area contributed by atoms with Gasteiger partial charge in [-0.3, -0.25) is 4.79 Å². The Kier molecular flexibility index (Phi) is 18.6. The van der Waals surface area contributed by atoms with Crippen molar-refractivity contribution in [2.24, 2.45) is 17.8 Å². The molecule has 1 rings (SSSR count). The fourth-order valence-electron chi connectivity index (χ4n) is 5.65. The Hall–Kier alpha value is -1.59. The Bertz CT molecular complexity index is 837. The molecule has 0 aromatic heterocycles. The highest BCUT2D eigenvalue weighted by Gasteiger charge is 2.26. The molecule has 0 radical (unpaired) electrons. The van der Waals surface area contributed by atoms with E-state index in [4.69, 9.17) is 9.84 Å². The van der Waals surface area contributed by atoms with E-state index in [1.165, 1.54) is 48.8 Å². The molecule has 5 atom stereocenters. The largest absolute Gasteiger partial charge is 0.493 e. The lowest BCUT2D eigenvalue weighted by Gasteiger charge is -2.29. The highest BCUT2D eigenvalue weighted by molar-refractivity contribution is 5.69.